The van der Waals surface area contributed by atoms with Crippen molar-refractivity contribution in [1.82, 2.24) is 0 Å². The van der Waals surface area contributed by atoms with Crippen LogP contribution in [-0.2, 0) is 25.5 Å². The van der Waals surface area contributed by atoms with Crippen LogP contribution in [0.4, 0.5) is 0 Å². The van der Waals surface area contributed by atoms with Crippen LogP contribution in [0.2, 0.25) is 0 Å². The number of rotatable bonds is 20. The minimum absolute atomic E-state index is 0.0880. The second-order valence-corrected chi connectivity index (χ2v) is 12.7. The molecule has 2 rings (SSSR count). The quantitative estimate of drug-likeness (QED) is 0.0938. The molecule has 2 N–H and O–H groups in total. The topological polar surface area (TPSA) is 93.1 Å². The average molecular weight is 585 g/mol. The molecule has 1 atom stereocenters. The van der Waals surface area contributed by atoms with Crippen molar-refractivity contribution >= 4 is 11.9 Å². The van der Waals surface area contributed by atoms with Crippen LogP contribution in [0.25, 0.3) is 0 Å². The van der Waals surface area contributed by atoms with E-state index in [2.05, 4.69) is 51.3 Å². The van der Waals surface area contributed by atoms with E-state index >= 15 is 0 Å². The summed E-state index contributed by atoms with van der Waals surface area (Å²) in [5.74, 6) is 0.0778. The highest BCUT2D eigenvalue weighted by Gasteiger charge is 2.33. The lowest BCUT2D eigenvalue weighted by Gasteiger charge is -2.33. The number of aryl methyl sites for hydroxylation is 1. The smallest absolute Gasteiger partial charge is 0.333 e. The first-order valence-electron chi connectivity index (χ1n) is 16.1. The van der Waals surface area contributed by atoms with E-state index in [1.54, 1.807) is 6.92 Å². The molecule has 0 saturated heterocycles. The van der Waals surface area contributed by atoms with Gasteiger partial charge >= 0.3 is 11.9 Å². The number of aliphatic hydroxyl groups excluding tert-OH is 2. The van der Waals surface area contributed by atoms with Crippen molar-refractivity contribution in [1.29, 1.82) is 0 Å². The van der Waals surface area contributed by atoms with E-state index in [-0.39, 0.29) is 38.4 Å². The van der Waals surface area contributed by atoms with Gasteiger partial charge in [0.1, 0.15) is 13.2 Å². The van der Waals surface area contributed by atoms with Crippen LogP contribution in [0.15, 0.2) is 48.6 Å². The van der Waals surface area contributed by atoms with Gasteiger partial charge in [0.2, 0.25) is 0 Å². The summed E-state index contributed by atoms with van der Waals surface area (Å²) in [6.07, 6.45) is 13.8. The maximum Gasteiger partial charge on any atom is 0.333 e. The molecule has 0 bridgehead atoms. The van der Waals surface area contributed by atoms with Gasteiger partial charge in [0.15, 0.2) is 0 Å². The molecule has 1 unspecified atom stereocenters. The lowest BCUT2D eigenvalue weighted by atomic mass is 9.76. The van der Waals surface area contributed by atoms with Crippen LogP contribution >= 0.6 is 0 Å². The number of aliphatic hydroxyl groups is 2. The summed E-state index contributed by atoms with van der Waals surface area (Å²) in [5.41, 5.74) is 2.62. The zero-order valence-corrected chi connectivity index (χ0v) is 26.5. The van der Waals surface area contributed by atoms with Crippen molar-refractivity contribution in [2.75, 3.05) is 26.4 Å². The maximum atomic E-state index is 12.7. The Labute approximate surface area is 254 Å². The number of esters is 2. The fraction of sp³-hybridized carbons (Fsp3) is 0.667. The van der Waals surface area contributed by atoms with Crippen molar-refractivity contribution in [3.05, 3.63) is 59.7 Å². The van der Waals surface area contributed by atoms with E-state index < -0.39 is 23.3 Å². The highest BCUT2D eigenvalue weighted by molar-refractivity contribution is 5.88. The van der Waals surface area contributed by atoms with E-state index in [4.69, 9.17) is 9.47 Å². The number of hydrogen-bond acceptors (Lipinski definition) is 6. The fourth-order valence-electron chi connectivity index (χ4n) is 6.10. The number of carbonyl (C=O) groups is 2. The van der Waals surface area contributed by atoms with Crippen molar-refractivity contribution in [3.63, 3.8) is 0 Å². The van der Waals surface area contributed by atoms with E-state index in [1.807, 2.05) is 0 Å². The first-order chi connectivity index (χ1) is 20.2. The predicted molar refractivity (Wildman–Crippen MR) is 169 cm³/mol. The van der Waals surface area contributed by atoms with Crippen LogP contribution in [0, 0.1) is 17.3 Å². The van der Waals surface area contributed by atoms with Gasteiger partial charge in [-0.3, -0.25) is 0 Å². The second kappa shape index (κ2) is 19.0. The Morgan fingerprint density at radius 2 is 1.52 bits per heavy atom. The predicted octanol–water partition coefficient (Wildman–Crippen LogP) is 7.47. The Morgan fingerprint density at radius 1 is 0.905 bits per heavy atom. The first kappa shape index (κ1) is 35.8. The van der Waals surface area contributed by atoms with Gasteiger partial charge in [-0.15, -0.1) is 0 Å². The Morgan fingerprint density at radius 3 is 2.07 bits per heavy atom. The first-order valence-corrected chi connectivity index (χ1v) is 16.1. The van der Waals surface area contributed by atoms with Crippen molar-refractivity contribution in [2.24, 2.45) is 17.3 Å². The summed E-state index contributed by atoms with van der Waals surface area (Å²) < 4.78 is 11.3. The molecule has 0 aromatic heterocycles. The molecule has 1 aliphatic carbocycles. The minimum Gasteiger partial charge on any atom is -0.462 e. The van der Waals surface area contributed by atoms with Gasteiger partial charge in [0.25, 0.3) is 0 Å². The standard InChI is InChI=1S/C36H56O6/c1-6-8-9-10-29-11-15-32(16-12-29)33-17-13-30(14-18-33)19-21-36(20-7-2,25-41-34(39)27(3)4)26-42-35(40)28(5)22-31(23-37)24-38/h13-14,17-18,29,31-32,37-38H,3,5-12,15-16,19-26H2,1-2,4H3. The largest absolute Gasteiger partial charge is 0.462 e. The summed E-state index contributed by atoms with van der Waals surface area (Å²) in [6, 6.07) is 9.00. The highest BCUT2D eigenvalue weighted by Crippen LogP contribution is 2.38. The molecule has 0 spiro atoms. The number of hydrogen-bond donors (Lipinski definition) is 2. The SMILES string of the molecule is C=C(C)C(=O)OCC(CCC)(CCc1ccc(C2CCC(CCCCC)CC2)cc1)COC(=O)C(=C)CC(CO)CO. The minimum atomic E-state index is -0.558. The van der Waals surface area contributed by atoms with Crippen LogP contribution in [0.3, 0.4) is 0 Å². The number of carbonyl (C=O) groups excluding carboxylic acids is 2. The molecule has 1 aromatic carbocycles. The van der Waals surface area contributed by atoms with Crippen LogP contribution in [0.5, 0.6) is 0 Å². The number of unbranched alkanes of at least 4 members (excludes halogenated alkanes) is 2. The molecule has 0 radical (unpaired) electrons. The van der Waals surface area contributed by atoms with Gasteiger partial charge in [0, 0.05) is 35.7 Å². The number of ether oxygens (including phenoxy) is 2. The molecular weight excluding hydrogens is 528 g/mol. The van der Waals surface area contributed by atoms with Crippen LogP contribution < -0.4 is 0 Å². The Balaban J connectivity index is 2.05. The molecule has 236 valence electrons. The van der Waals surface area contributed by atoms with Gasteiger partial charge in [0.05, 0.1) is 0 Å². The molecule has 6 nitrogen and oxygen atoms in total. The average Bonchev–Trinajstić information content (AvgIpc) is 3.00. The maximum absolute atomic E-state index is 12.7. The Hall–Kier alpha value is -2.44. The molecule has 1 fully saturated rings. The van der Waals surface area contributed by atoms with Crippen molar-refractivity contribution in [2.45, 2.75) is 110 Å². The van der Waals surface area contributed by atoms with Crippen molar-refractivity contribution in [3.8, 4) is 0 Å². The number of benzene rings is 1. The summed E-state index contributed by atoms with van der Waals surface area (Å²) in [4.78, 5) is 25.0. The molecular formula is C36H56O6. The third-order valence-electron chi connectivity index (χ3n) is 8.95. The lowest BCUT2D eigenvalue weighted by Crippen LogP contribution is -2.35. The van der Waals surface area contributed by atoms with Gasteiger partial charge in [-0.2, -0.15) is 0 Å². The highest BCUT2D eigenvalue weighted by atomic mass is 16.5. The summed E-state index contributed by atoms with van der Waals surface area (Å²) in [7, 11) is 0. The van der Waals surface area contributed by atoms with Crippen LogP contribution in [-0.4, -0.2) is 48.6 Å². The third kappa shape index (κ3) is 12.0. The molecule has 42 heavy (non-hydrogen) atoms. The van der Waals surface area contributed by atoms with E-state index in [0.717, 1.165) is 18.8 Å². The van der Waals surface area contributed by atoms with Gasteiger partial charge < -0.3 is 19.7 Å². The van der Waals surface area contributed by atoms with Gasteiger partial charge in [-0.25, -0.2) is 9.59 Å². The molecule has 1 saturated carbocycles. The molecule has 1 aliphatic rings. The molecule has 6 heteroatoms. The van der Waals surface area contributed by atoms with Gasteiger partial charge in [-0.05, 0) is 81.3 Å². The zero-order valence-electron chi connectivity index (χ0n) is 26.5. The molecule has 0 aliphatic heterocycles. The van der Waals surface area contributed by atoms with Gasteiger partial charge in [-0.1, -0.05) is 83.4 Å². The summed E-state index contributed by atoms with van der Waals surface area (Å²) in [6.45, 7) is 13.2. The summed E-state index contributed by atoms with van der Waals surface area (Å²) >= 11 is 0. The molecule has 0 heterocycles. The molecule has 0 amide bonds. The zero-order chi connectivity index (χ0) is 31.0. The Bertz CT molecular complexity index is 971. The van der Waals surface area contributed by atoms with E-state index in [1.165, 1.54) is 62.5 Å². The van der Waals surface area contributed by atoms with Crippen LogP contribution in [0.1, 0.15) is 115 Å². The monoisotopic (exact) mass is 584 g/mol. The fourth-order valence-corrected chi connectivity index (χ4v) is 6.10. The summed E-state index contributed by atoms with van der Waals surface area (Å²) in [5, 5.41) is 18.7. The Kier molecular flexibility index (Phi) is 16.1. The third-order valence-corrected chi connectivity index (χ3v) is 8.95. The van der Waals surface area contributed by atoms with Crippen molar-refractivity contribution < 1.29 is 29.3 Å². The second-order valence-electron chi connectivity index (χ2n) is 12.7. The molecule has 1 aromatic rings. The normalized spacial score (nSPS) is 18.3. The van der Waals surface area contributed by atoms with E-state index in [9.17, 15) is 19.8 Å². The van der Waals surface area contributed by atoms with E-state index in [0.29, 0.717) is 24.3 Å². The lowest BCUT2D eigenvalue weighted by molar-refractivity contribution is -0.150.